The van der Waals surface area contributed by atoms with Gasteiger partial charge in [0, 0.05) is 31.2 Å². The Balaban J connectivity index is 2.28. The second-order valence-electron chi connectivity index (χ2n) is 6.07. The number of nitrogens with one attached hydrogen (secondary N) is 1. The minimum atomic E-state index is -1.09. The van der Waals surface area contributed by atoms with Crippen molar-refractivity contribution in [2.45, 2.75) is 18.6 Å². The first-order valence-corrected chi connectivity index (χ1v) is 8.68. The molecule has 9 heteroatoms. The highest BCUT2D eigenvalue weighted by Gasteiger charge is 2.28. The first-order valence-electron chi connectivity index (χ1n) is 8.68. The van der Waals surface area contributed by atoms with Crippen molar-refractivity contribution in [3.8, 4) is 5.75 Å². The molecule has 2 aromatic rings. The summed E-state index contributed by atoms with van der Waals surface area (Å²) in [5.41, 5.74) is 0.838. The van der Waals surface area contributed by atoms with Gasteiger partial charge in [-0.2, -0.15) is 0 Å². The van der Waals surface area contributed by atoms with Crippen molar-refractivity contribution in [1.29, 1.82) is 0 Å². The molecule has 29 heavy (non-hydrogen) atoms. The van der Waals surface area contributed by atoms with E-state index in [1.54, 1.807) is 30.3 Å². The number of hydrogen-bond acceptors (Lipinski definition) is 7. The van der Waals surface area contributed by atoms with E-state index in [1.165, 1.54) is 39.5 Å². The number of ether oxygens (including phenoxy) is 3. The van der Waals surface area contributed by atoms with Gasteiger partial charge in [0.1, 0.15) is 11.8 Å². The standard InChI is InChI=1S/C20H22N2O7/c1-27-17-10-9-15(22(25)26)11-14(17)12-16(20(24)29-3)21-19(23)18(28-2)13-7-5-4-6-8-13/h4-11,16,18H,12H2,1-3H3,(H,21,23)/t16-,18-/m0/s1. The summed E-state index contributed by atoms with van der Waals surface area (Å²) in [5.74, 6) is -0.890. The molecule has 0 aliphatic heterocycles. The van der Waals surface area contributed by atoms with Crippen LogP contribution in [0.4, 0.5) is 5.69 Å². The third kappa shape index (κ3) is 5.52. The number of hydrogen-bond donors (Lipinski definition) is 1. The number of non-ortho nitro benzene ring substituents is 1. The van der Waals surface area contributed by atoms with Crippen LogP contribution in [0.25, 0.3) is 0 Å². The molecule has 0 spiro atoms. The molecule has 9 nitrogen and oxygen atoms in total. The number of methoxy groups -OCH3 is 3. The number of nitro benzene ring substituents is 1. The third-order valence-electron chi connectivity index (χ3n) is 4.28. The van der Waals surface area contributed by atoms with Crippen LogP contribution < -0.4 is 10.1 Å². The average Bonchev–Trinajstić information content (AvgIpc) is 2.73. The van der Waals surface area contributed by atoms with Crippen LogP contribution in [0.3, 0.4) is 0 Å². The summed E-state index contributed by atoms with van der Waals surface area (Å²) in [6.45, 7) is 0. The van der Waals surface area contributed by atoms with E-state index >= 15 is 0 Å². The van der Waals surface area contributed by atoms with Crippen LogP contribution >= 0.6 is 0 Å². The zero-order chi connectivity index (χ0) is 21.4. The van der Waals surface area contributed by atoms with Crippen LogP contribution in [0.15, 0.2) is 48.5 Å². The largest absolute Gasteiger partial charge is 0.496 e. The lowest BCUT2D eigenvalue weighted by atomic mass is 10.0. The van der Waals surface area contributed by atoms with Crippen molar-refractivity contribution in [1.82, 2.24) is 5.32 Å². The van der Waals surface area contributed by atoms with Crippen molar-refractivity contribution in [2.75, 3.05) is 21.3 Å². The molecule has 0 radical (unpaired) electrons. The number of nitro groups is 1. The number of benzene rings is 2. The van der Waals surface area contributed by atoms with E-state index < -0.39 is 28.9 Å². The Labute approximate surface area is 167 Å². The molecule has 0 fully saturated rings. The lowest BCUT2D eigenvalue weighted by molar-refractivity contribution is -0.384. The molecule has 0 bridgehead atoms. The zero-order valence-electron chi connectivity index (χ0n) is 16.3. The Morgan fingerprint density at radius 1 is 1.10 bits per heavy atom. The van der Waals surface area contributed by atoms with Gasteiger partial charge in [-0.25, -0.2) is 4.79 Å². The average molecular weight is 402 g/mol. The molecule has 0 aliphatic carbocycles. The van der Waals surface area contributed by atoms with Crippen LogP contribution in [0, 0.1) is 10.1 Å². The Hall–Kier alpha value is -3.46. The Morgan fingerprint density at radius 2 is 1.79 bits per heavy atom. The highest BCUT2D eigenvalue weighted by molar-refractivity contribution is 5.88. The second-order valence-corrected chi connectivity index (χ2v) is 6.07. The molecule has 0 aliphatic rings. The quantitative estimate of drug-likeness (QED) is 0.388. The van der Waals surface area contributed by atoms with Gasteiger partial charge in [-0.3, -0.25) is 14.9 Å². The Kier molecular flexibility index (Phi) is 7.67. The fourth-order valence-electron chi connectivity index (χ4n) is 2.86. The molecule has 0 saturated heterocycles. The molecule has 1 amide bonds. The zero-order valence-corrected chi connectivity index (χ0v) is 16.3. The first-order chi connectivity index (χ1) is 13.9. The number of esters is 1. The van der Waals surface area contributed by atoms with E-state index in [0.29, 0.717) is 16.9 Å². The Morgan fingerprint density at radius 3 is 2.34 bits per heavy atom. The number of nitrogens with zero attached hydrogens (tertiary/aromatic N) is 1. The van der Waals surface area contributed by atoms with Gasteiger partial charge in [0.05, 0.1) is 19.1 Å². The normalized spacial score (nSPS) is 12.5. The first kappa shape index (κ1) is 21.8. The fourth-order valence-corrected chi connectivity index (χ4v) is 2.86. The number of carbonyl (C=O) groups is 2. The lowest BCUT2D eigenvalue weighted by Gasteiger charge is -2.21. The number of rotatable bonds is 9. The fraction of sp³-hybridized carbons (Fsp3) is 0.300. The van der Waals surface area contributed by atoms with Crippen LogP contribution in [0.5, 0.6) is 5.75 Å². The maximum Gasteiger partial charge on any atom is 0.328 e. The van der Waals surface area contributed by atoms with Crippen molar-refractivity contribution in [3.63, 3.8) is 0 Å². The smallest absolute Gasteiger partial charge is 0.328 e. The minimum absolute atomic E-state index is 0.0610. The van der Waals surface area contributed by atoms with Gasteiger partial charge < -0.3 is 19.5 Å². The Bertz CT molecular complexity index is 870. The van der Waals surface area contributed by atoms with Gasteiger partial charge in [0.15, 0.2) is 6.10 Å². The van der Waals surface area contributed by atoms with Crippen LogP contribution in [0.2, 0.25) is 0 Å². The van der Waals surface area contributed by atoms with Gasteiger partial charge in [0.25, 0.3) is 11.6 Å². The summed E-state index contributed by atoms with van der Waals surface area (Å²) >= 11 is 0. The van der Waals surface area contributed by atoms with Gasteiger partial charge in [-0.1, -0.05) is 30.3 Å². The van der Waals surface area contributed by atoms with E-state index in [0.717, 1.165) is 0 Å². The molecule has 2 rings (SSSR count). The van der Waals surface area contributed by atoms with Crippen molar-refractivity contribution < 1.29 is 28.7 Å². The second kappa shape index (κ2) is 10.2. The molecule has 0 unspecified atom stereocenters. The molecule has 0 saturated carbocycles. The number of carbonyl (C=O) groups excluding carboxylic acids is 2. The van der Waals surface area contributed by atoms with E-state index in [1.807, 2.05) is 0 Å². The maximum atomic E-state index is 12.7. The molecule has 0 heterocycles. The predicted octanol–water partition coefficient (Wildman–Crippen LogP) is 2.19. The van der Waals surface area contributed by atoms with E-state index in [9.17, 15) is 19.7 Å². The highest BCUT2D eigenvalue weighted by Crippen LogP contribution is 2.26. The molecule has 2 aromatic carbocycles. The third-order valence-corrected chi connectivity index (χ3v) is 4.28. The summed E-state index contributed by atoms with van der Waals surface area (Å²) in [6, 6.07) is 11.7. The van der Waals surface area contributed by atoms with Crippen molar-refractivity contribution in [3.05, 3.63) is 69.8 Å². The molecular weight excluding hydrogens is 380 g/mol. The molecule has 154 valence electrons. The summed E-state index contributed by atoms with van der Waals surface area (Å²) < 4.78 is 15.3. The van der Waals surface area contributed by atoms with Gasteiger partial charge in [-0.05, 0) is 11.6 Å². The lowest BCUT2D eigenvalue weighted by Crippen LogP contribution is -2.45. The van der Waals surface area contributed by atoms with Gasteiger partial charge in [0.2, 0.25) is 0 Å². The topological polar surface area (TPSA) is 117 Å². The van der Waals surface area contributed by atoms with E-state index in [-0.39, 0.29) is 12.1 Å². The predicted molar refractivity (Wildman–Crippen MR) is 103 cm³/mol. The monoisotopic (exact) mass is 402 g/mol. The summed E-state index contributed by atoms with van der Waals surface area (Å²) in [5, 5.41) is 13.7. The summed E-state index contributed by atoms with van der Waals surface area (Å²) in [4.78, 5) is 35.5. The minimum Gasteiger partial charge on any atom is -0.496 e. The molecule has 2 atom stereocenters. The molecular formula is C20H22N2O7. The highest BCUT2D eigenvalue weighted by atomic mass is 16.6. The van der Waals surface area contributed by atoms with Crippen molar-refractivity contribution >= 4 is 17.6 Å². The van der Waals surface area contributed by atoms with Crippen LogP contribution in [0.1, 0.15) is 17.2 Å². The van der Waals surface area contributed by atoms with E-state index in [4.69, 9.17) is 14.2 Å². The van der Waals surface area contributed by atoms with Gasteiger partial charge >= 0.3 is 5.97 Å². The maximum absolute atomic E-state index is 12.7. The SMILES string of the molecule is COC(=O)[C@H](Cc1cc([N+](=O)[O-])ccc1OC)NC(=O)[C@@H](OC)c1ccccc1. The molecule has 0 aromatic heterocycles. The summed E-state index contributed by atoms with van der Waals surface area (Å²) in [6.07, 6.45) is -0.996. The van der Waals surface area contributed by atoms with Gasteiger partial charge in [-0.15, -0.1) is 0 Å². The van der Waals surface area contributed by atoms with Crippen LogP contribution in [-0.4, -0.2) is 44.2 Å². The molecule has 1 N–H and O–H groups in total. The van der Waals surface area contributed by atoms with E-state index in [2.05, 4.69) is 5.32 Å². The van der Waals surface area contributed by atoms with Crippen LogP contribution in [-0.2, 0) is 25.5 Å². The number of amides is 1. The summed E-state index contributed by atoms with van der Waals surface area (Å²) in [7, 11) is 3.98. The van der Waals surface area contributed by atoms with Crippen molar-refractivity contribution in [2.24, 2.45) is 0 Å².